The molecule has 2 aromatic rings. The lowest BCUT2D eigenvalue weighted by molar-refractivity contribution is -0.138. The Labute approximate surface area is 167 Å². The van der Waals surface area contributed by atoms with Gasteiger partial charge in [0.2, 0.25) is 5.91 Å². The summed E-state index contributed by atoms with van der Waals surface area (Å²) in [6, 6.07) is 18.1. The van der Waals surface area contributed by atoms with Crippen LogP contribution in [0, 0.1) is 0 Å². The van der Waals surface area contributed by atoms with Crippen molar-refractivity contribution in [2.45, 2.75) is 39.0 Å². The zero-order valence-corrected chi connectivity index (χ0v) is 16.5. The fourth-order valence-corrected chi connectivity index (χ4v) is 2.77. The highest BCUT2D eigenvalue weighted by Gasteiger charge is 2.02. The smallest absolute Gasteiger partial charge is 0.330 e. The van der Waals surface area contributed by atoms with Gasteiger partial charge in [-0.1, -0.05) is 80.8 Å². The quantitative estimate of drug-likeness (QED) is 0.340. The van der Waals surface area contributed by atoms with Gasteiger partial charge in [0.15, 0.2) is 0 Å². The topological polar surface area (TPSA) is 55.4 Å². The van der Waals surface area contributed by atoms with Crippen LogP contribution in [-0.2, 0) is 14.3 Å². The van der Waals surface area contributed by atoms with Gasteiger partial charge < -0.3 is 10.1 Å². The molecule has 1 N–H and O–H groups in total. The summed E-state index contributed by atoms with van der Waals surface area (Å²) in [5.41, 5.74) is 3.22. The van der Waals surface area contributed by atoms with Crippen LogP contribution in [-0.4, -0.2) is 25.0 Å². The maximum Gasteiger partial charge on any atom is 0.330 e. The fraction of sp³-hybridized carbons (Fsp3) is 0.333. The maximum absolute atomic E-state index is 11.8. The number of carbonyl (C=O) groups is 2. The first-order valence-electron chi connectivity index (χ1n) is 9.96. The Balaban J connectivity index is 1.66. The number of benzene rings is 2. The van der Waals surface area contributed by atoms with Crippen LogP contribution in [0.25, 0.3) is 17.2 Å². The van der Waals surface area contributed by atoms with Gasteiger partial charge in [-0.2, -0.15) is 0 Å². The average molecular weight is 380 g/mol. The number of carbonyl (C=O) groups excluding carboxylic acids is 2. The number of amides is 1. The molecule has 2 aromatic carbocycles. The Morgan fingerprint density at radius 1 is 0.929 bits per heavy atom. The molecule has 4 heteroatoms. The van der Waals surface area contributed by atoms with Crippen LogP contribution in [0.4, 0.5) is 0 Å². The molecule has 1 amide bonds. The normalized spacial score (nSPS) is 10.8. The molecular formula is C24H29NO3. The lowest BCUT2D eigenvalue weighted by Crippen LogP contribution is -2.27. The van der Waals surface area contributed by atoms with E-state index < -0.39 is 5.97 Å². The van der Waals surface area contributed by atoms with E-state index in [1.807, 2.05) is 42.5 Å². The first-order chi connectivity index (χ1) is 13.7. The van der Waals surface area contributed by atoms with Crippen LogP contribution >= 0.6 is 0 Å². The molecule has 0 aliphatic heterocycles. The third kappa shape index (κ3) is 8.21. The predicted molar refractivity (Wildman–Crippen MR) is 114 cm³/mol. The zero-order valence-electron chi connectivity index (χ0n) is 16.5. The Morgan fingerprint density at radius 3 is 2.36 bits per heavy atom. The summed E-state index contributed by atoms with van der Waals surface area (Å²) in [4.78, 5) is 23.4. The molecule has 2 rings (SSSR count). The minimum atomic E-state index is -0.413. The molecule has 0 aromatic heterocycles. The van der Waals surface area contributed by atoms with Crippen LogP contribution in [0.3, 0.4) is 0 Å². The van der Waals surface area contributed by atoms with Crippen molar-refractivity contribution in [3.05, 3.63) is 66.2 Å². The molecule has 0 bridgehead atoms. The third-order valence-electron chi connectivity index (χ3n) is 4.36. The van der Waals surface area contributed by atoms with Crippen LogP contribution in [0.1, 0.15) is 44.6 Å². The number of hydrogen-bond donors (Lipinski definition) is 1. The van der Waals surface area contributed by atoms with Gasteiger partial charge in [0, 0.05) is 12.5 Å². The average Bonchev–Trinajstić information content (AvgIpc) is 2.74. The summed E-state index contributed by atoms with van der Waals surface area (Å²) in [7, 11) is 0. The number of esters is 1. The van der Waals surface area contributed by atoms with Gasteiger partial charge >= 0.3 is 5.97 Å². The number of unbranched alkanes of at least 4 members (excludes halogenated alkanes) is 3. The van der Waals surface area contributed by atoms with Crippen molar-refractivity contribution in [1.29, 1.82) is 0 Å². The second-order valence-electron chi connectivity index (χ2n) is 6.65. The fourth-order valence-electron chi connectivity index (χ4n) is 2.77. The Bertz CT molecular complexity index is 751. The van der Waals surface area contributed by atoms with Crippen LogP contribution in [0.5, 0.6) is 0 Å². The van der Waals surface area contributed by atoms with Gasteiger partial charge in [-0.05, 0) is 29.2 Å². The third-order valence-corrected chi connectivity index (χ3v) is 4.36. The number of nitrogens with one attached hydrogen (secondary N) is 1. The van der Waals surface area contributed by atoms with Crippen molar-refractivity contribution < 1.29 is 14.3 Å². The van der Waals surface area contributed by atoms with E-state index in [0.717, 1.165) is 42.4 Å². The Hall–Kier alpha value is -2.88. The van der Waals surface area contributed by atoms with Crippen molar-refractivity contribution in [2.24, 2.45) is 0 Å². The minimum absolute atomic E-state index is 0.0150. The lowest BCUT2D eigenvalue weighted by atomic mass is 10.0. The van der Waals surface area contributed by atoms with E-state index in [-0.39, 0.29) is 12.5 Å². The standard InChI is InChI=1S/C24H29NO3/c1-2-3-4-8-11-23(26)25-18-19-28-24(27)17-14-20-12-15-22(16-13-20)21-9-6-5-7-10-21/h5-7,9-10,12-17H,2-4,8,11,18-19H2,1H3,(H,25,26)/b17-14+. The Morgan fingerprint density at radius 2 is 1.64 bits per heavy atom. The van der Waals surface area contributed by atoms with E-state index in [4.69, 9.17) is 4.74 Å². The first kappa shape index (κ1) is 21.4. The summed E-state index contributed by atoms with van der Waals surface area (Å²) < 4.78 is 5.11. The van der Waals surface area contributed by atoms with Crippen molar-refractivity contribution in [1.82, 2.24) is 5.32 Å². The largest absolute Gasteiger partial charge is 0.461 e. The van der Waals surface area contributed by atoms with E-state index in [1.165, 1.54) is 6.08 Å². The molecule has 28 heavy (non-hydrogen) atoms. The molecule has 0 radical (unpaired) electrons. The predicted octanol–water partition coefficient (Wildman–Crippen LogP) is 5.00. The monoisotopic (exact) mass is 379 g/mol. The minimum Gasteiger partial charge on any atom is -0.461 e. The number of hydrogen-bond acceptors (Lipinski definition) is 3. The molecular weight excluding hydrogens is 350 g/mol. The van der Waals surface area contributed by atoms with Gasteiger partial charge in [-0.3, -0.25) is 4.79 Å². The molecule has 0 saturated heterocycles. The van der Waals surface area contributed by atoms with Crippen LogP contribution in [0.15, 0.2) is 60.7 Å². The second-order valence-corrected chi connectivity index (χ2v) is 6.65. The summed E-state index contributed by atoms with van der Waals surface area (Å²) in [5, 5.41) is 2.77. The highest BCUT2D eigenvalue weighted by atomic mass is 16.5. The van der Waals surface area contributed by atoms with E-state index in [1.54, 1.807) is 6.08 Å². The summed E-state index contributed by atoms with van der Waals surface area (Å²) >= 11 is 0. The van der Waals surface area contributed by atoms with Gasteiger partial charge in [0.1, 0.15) is 6.61 Å². The summed E-state index contributed by atoms with van der Waals surface area (Å²) in [5.74, 6) is -0.398. The van der Waals surface area contributed by atoms with E-state index in [2.05, 4.69) is 24.4 Å². The molecule has 0 saturated carbocycles. The van der Waals surface area contributed by atoms with Crippen LogP contribution < -0.4 is 5.32 Å². The van der Waals surface area contributed by atoms with Crippen LogP contribution in [0.2, 0.25) is 0 Å². The molecule has 4 nitrogen and oxygen atoms in total. The summed E-state index contributed by atoms with van der Waals surface area (Å²) in [6.45, 7) is 2.66. The number of ether oxygens (including phenoxy) is 1. The van der Waals surface area contributed by atoms with E-state index in [9.17, 15) is 9.59 Å². The zero-order chi connectivity index (χ0) is 20.0. The molecule has 0 heterocycles. The Kier molecular flexibility index (Phi) is 9.56. The molecule has 148 valence electrons. The number of rotatable bonds is 11. The van der Waals surface area contributed by atoms with E-state index >= 15 is 0 Å². The van der Waals surface area contributed by atoms with Gasteiger partial charge in [-0.25, -0.2) is 4.79 Å². The molecule has 0 unspecified atom stereocenters. The SMILES string of the molecule is CCCCCCC(=O)NCCOC(=O)/C=C/c1ccc(-c2ccccc2)cc1. The van der Waals surface area contributed by atoms with Crippen molar-refractivity contribution in [2.75, 3.05) is 13.2 Å². The van der Waals surface area contributed by atoms with Crippen molar-refractivity contribution in [3.63, 3.8) is 0 Å². The highest BCUT2D eigenvalue weighted by molar-refractivity contribution is 5.87. The van der Waals surface area contributed by atoms with Gasteiger partial charge in [0.05, 0.1) is 6.54 Å². The lowest BCUT2D eigenvalue weighted by Gasteiger charge is -2.05. The van der Waals surface area contributed by atoms with E-state index in [0.29, 0.717) is 13.0 Å². The van der Waals surface area contributed by atoms with Gasteiger partial charge in [-0.15, -0.1) is 0 Å². The van der Waals surface area contributed by atoms with Crippen molar-refractivity contribution >= 4 is 18.0 Å². The second kappa shape index (κ2) is 12.5. The molecule has 0 fully saturated rings. The van der Waals surface area contributed by atoms with Crippen molar-refractivity contribution in [3.8, 4) is 11.1 Å². The molecule has 0 spiro atoms. The van der Waals surface area contributed by atoms with Gasteiger partial charge in [0.25, 0.3) is 0 Å². The molecule has 0 aliphatic rings. The maximum atomic E-state index is 11.8. The molecule has 0 aliphatic carbocycles. The summed E-state index contributed by atoms with van der Waals surface area (Å²) in [6.07, 6.45) is 7.97. The first-order valence-corrected chi connectivity index (χ1v) is 9.96. The highest BCUT2D eigenvalue weighted by Crippen LogP contribution is 2.19. The molecule has 0 atom stereocenters.